The molecule has 0 bridgehead atoms. The van der Waals surface area contributed by atoms with Gasteiger partial charge in [0.2, 0.25) is 0 Å². The van der Waals surface area contributed by atoms with Gasteiger partial charge in [-0.3, -0.25) is 4.57 Å². The number of benzene rings is 3. The van der Waals surface area contributed by atoms with Gasteiger partial charge in [-0.25, -0.2) is 4.98 Å². The molecule has 4 rings (SSSR count). The zero-order valence-corrected chi connectivity index (χ0v) is 18.0. The standard InChI is InChI=1S/C27H24FN3O/c1-21(30-32-2)18-19-25-20-31(26(28)29-25)27(22-12-6-3-7-13-22,23-14-8-4-9-15-23)24-16-10-5-11-17-24/h3-20H,1-2H3. The lowest BCUT2D eigenvalue weighted by molar-refractivity contribution is 0.213. The molecule has 0 aliphatic carbocycles. The van der Waals surface area contributed by atoms with Crippen LogP contribution in [0.2, 0.25) is 0 Å². The van der Waals surface area contributed by atoms with Crippen LogP contribution in [0.1, 0.15) is 29.3 Å². The number of allylic oxidation sites excluding steroid dienone is 1. The van der Waals surface area contributed by atoms with Crippen molar-refractivity contribution in [3.63, 3.8) is 0 Å². The summed E-state index contributed by atoms with van der Waals surface area (Å²) in [5.74, 6) is 0. The summed E-state index contributed by atoms with van der Waals surface area (Å²) in [4.78, 5) is 8.98. The van der Waals surface area contributed by atoms with E-state index < -0.39 is 11.6 Å². The molecule has 160 valence electrons. The smallest absolute Gasteiger partial charge is 0.291 e. The van der Waals surface area contributed by atoms with Gasteiger partial charge in [0.1, 0.15) is 12.6 Å². The molecule has 0 fully saturated rings. The van der Waals surface area contributed by atoms with Crippen molar-refractivity contribution in [2.24, 2.45) is 5.16 Å². The summed E-state index contributed by atoms with van der Waals surface area (Å²) in [5.41, 5.74) is 3.00. The first-order valence-electron chi connectivity index (χ1n) is 10.3. The third-order valence-electron chi connectivity index (χ3n) is 5.35. The maximum atomic E-state index is 15.6. The topological polar surface area (TPSA) is 39.4 Å². The van der Waals surface area contributed by atoms with Gasteiger partial charge in [0, 0.05) is 6.20 Å². The first-order valence-corrected chi connectivity index (χ1v) is 10.3. The van der Waals surface area contributed by atoms with E-state index in [2.05, 4.69) is 10.1 Å². The van der Waals surface area contributed by atoms with Crippen molar-refractivity contribution in [1.29, 1.82) is 0 Å². The van der Waals surface area contributed by atoms with Gasteiger partial charge in [-0.15, -0.1) is 0 Å². The number of hydrogen-bond acceptors (Lipinski definition) is 3. The zero-order chi connectivity index (χ0) is 22.4. The van der Waals surface area contributed by atoms with E-state index in [9.17, 15) is 0 Å². The SMILES string of the molecule is CON=C(C)C=Cc1cn(C(c2ccccc2)(c2ccccc2)c2ccccc2)c(F)n1. The van der Waals surface area contributed by atoms with E-state index >= 15 is 4.39 Å². The lowest BCUT2D eigenvalue weighted by Gasteiger charge is -2.37. The predicted molar refractivity (Wildman–Crippen MR) is 126 cm³/mol. The normalized spacial score (nSPS) is 12.3. The van der Waals surface area contributed by atoms with E-state index in [1.165, 1.54) is 7.11 Å². The number of halogens is 1. The van der Waals surface area contributed by atoms with Gasteiger partial charge in [0.25, 0.3) is 6.08 Å². The molecule has 0 saturated heterocycles. The third-order valence-corrected chi connectivity index (χ3v) is 5.35. The van der Waals surface area contributed by atoms with E-state index in [4.69, 9.17) is 4.84 Å². The molecule has 0 amide bonds. The Hall–Kier alpha value is -3.99. The minimum atomic E-state index is -0.942. The predicted octanol–water partition coefficient (Wildman–Crippen LogP) is 5.90. The minimum Gasteiger partial charge on any atom is -0.399 e. The summed E-state index contributed by atoms with van der Waals surface area (Å²) in [6.45, 7) is 1.80. The number of nitrogens with zero attached hydrogens (tertiary/aromatic N) is 3. The van der Waals surface area contributed by atoms with Crippen molar-refractivity contribution < 1.29 is 9.23 Å². The molecule has 0 unspecified atom stereocenters. The van der Waals surface area contributed by atoms with Crippen LogP contribution >= 0.6 is 0 Å². The third kappa shape index (κ3) is 3.97. The van der Waals surface area contributed by atoms with Crippen LogP contribution in [0, 0.1) is 6.08 Å². The number of rotatable bonds is 7. The number of imidazole rings is 1. The fourth-order valence-electron chi connectivity index (χ4n) is 4.03. The van der Waals surface area contributed by atoms with Crippen LogP contribution in [0.5, 0.6) is 0 Å². The summed E-state index contributed by atoms with van der Waals surface area (Å²) in [5, 5.41) is 3.86. The highest BCUT2D eigenvalue weighted by Crippen LogP contribution is 2.41. The lowest BCUT2D eigenvalue weighted by atomic mass is 9.76. The molecule has 0 saturated carbocycles. The molecule has 5 heteroatoms. The number of hydrogen-bond donors (Lipinski definition) is 0. The molecule has 1 aromatic heterocycles. The Morgan fingerprint density at radius 2 is 1.34 bits per heavy atom. The molecular formula is C27H24FN3O. The summed E-state index contributed by atoms with van der Waals surface area (Å²) in [6.07, 6.45) is 4.62. The van der Waals surface area contributed by atoms with Gasteiger partial charge in [0.05, 0.1) is 11.4 Å². The number of oxime groups is 1. The maximum Gasteiger partial charge on any atom is 0.291 e. The molecule has 4 nitrogen and oxygen atoms in total. The van der Waals surface area contributed by atoms with Crippen molar-refractivity contribution >= 4 is 11.8 Å². The van der Waals surface area contributed by atoms with Crippen molar-refractivity contribution in [2.75, 3.05) is 7.11 Å². The fraction of sp³-hybridized carbons (Fsp3) is 0.111. The van der Waals surface area contributed by atoms with Crippen LogP contribution < -0.4 is 0 Å². The Kier molecular flexibility index (Phi) is 6.26. The fourth-order valence-corrected chi connectivity index (χ4v) is 4.03. The summed E-state index contributed by atoms with van der Waals surface area (Å²) >= 11 is 0. The van der Waals surface area contributed by atoms with Gasteiger partial charge in [-0.1, -0.05) is 96.2 Å². The Morgan fingerprint density at radius 1 is 0.875 bits per heavy atom. The van der Waals surface area contributed by atoms with Crippen LogP contribution in [0.15, 0.2) is 108 Å². The zero-order valence-electron chi connectivity index (χ0n) is 18.0. The van der Waals surface area contributed by atoms with Gasteiger partial charge in [0.15, 0.2) is 0 Å². The molecule has 0 N–H and O–H groups in total. The van der Waals surface area contributed by atoms with E-state index in [-0.39, 0.29) is 0 Å². The average molecular weight is 426 g/mol. The first kappa shape index (κ1) is 21.2. The van der Waals surface area contributed by atoms with E-state index in [0.717, 1.165) is 16.7 Å². The summed E-state index contributed by atoms with van der Waals surface area (Å²) in [6, 6.07) is 29.8. The van der Waals surface area contributed by atoms with Gasteiger partial charge in [-0.05, 0) is 35.8 Å². The largest absolute Gasteiger partial charge is 0.399 e. The lowest BCUT2D eigenvalue weighted by Crippen LogP contribution is -2.38. The molecule has 0 aliphatic heterocycles. The van der Waals surface area contributed by atoms with Crippen molar-refractivity contribution in [2.45, 2.75) is 12.5 Å². The van der Waals surface area contributed by atoms with Gasteiger partial charge < -0.3 is 4.84 Å². The highest BCUT2D eigenvalue weighted by atomic mass is 19.1. The van der Waals surface area contributed by atoms with E-state index in [1.54, 1.807) is 29.8 Å². The van der Waals surface area contributed by atoms with Gasteiger partial charge in [-0.2, -0.15) is 4.39 Å². The molecule has 32 heavy (non-hydrogen) atoms. The monoisotopic (exact) mass is 425 g/mol. The molecule has 4 aromatic rings. The van der Waals surface area contributed by atoms with Crippen molar-refractivity contribution in [1.82, 2.24) is 9.55 Å². The second-order valence-corrected chi connectivity index (χ2v) is 7.36. The number of aromatic nitrogens is 2. The molecule has 0 radical (unpaired) electrons. The van der Waals surface area contributed by atoms with Crippen LogP contribution in [0.25, 0.3) is 6.08 Å². The molecule has 0 spiro atoms. The molecule has 1 heterocycles. The highest BCUT2D eigenvalue weighted by molar-refractivity contribution is 5.95. The van der Waals surface area contributed by atoms with E-state index in [1.807, 2.05) is 91.0 Å². The van der Waals surface area contributed by atoms with Crippen LogP contribution in [-0.4, -0.2) is 22.4 Å². The highest BCUT2D eigenvalue weighted by Gasteiger charge is 2.40. The molecule has 0 aliphatic rings. The van der Waals surface area contributed by atoms with Crippen molar-refractivity contribution in [3.8, 4) is 0 Å². The van der Waals surface area contributed by atoms with Crippen LogP contribution in [0.3, 0.4) is 0 Å². The first-order chi connectivity index (χ1) is 15.7. The Balaban J connectivity index is 2.00. The molecule has 3 aromatic carbocycles. The minimum absolute atomic E-state index is 0.486. The van der Waals surface area contributed by atoms with Crippen molar-refractivity contribution in [3.05, 3.63) is 132 Å². The Morgan fingerprint density at radius 3 is 1.78 bits per heavy atom. The van der Waals surface area contributed by atoms with Crippen LogP contribution in [-0.2, 0) is 10.4 Å². The molecular weight excluding hydrogens is 401 g/mol. The molecule has 0 atom stereocenters. The summed E-state index contributed by atoms with van der Waals surface area (Å²) in [7, 11) is 1.49. The summed E-state index contributed by atoms with van der Waals surface area (Å²) < 4.78 is 17.2. The van der Waals surface area contributed by atoms with E-state index in [0.29, 0.717) is 11.4 Å². The van der Waals surface area contributed by atoms with Gasteiger partial charge >= 0.3 is 0 Å². The average Bonchev–Trinajstić information content (AvgIpc) is 3.21. The maximum absolute atomic E-state index is 15.6. The quantitative estimate of drug-likeness (QED) is 0.210. The van der Waals surface area contributed by atoms with Crippen LogP contribution in [0.4, 0.5) is 4.39 Å². The second-order valence-electron chi connectivity index (χ2n) is 7.36. The Labute approximate surface area is 187 Å². The second kappa shape index (κ2) is 9.43. The Bertz CT molecular complexity index is 1120.